The molecule has 0 saturated carbocycles. The van der Waals surface area contributed by atoms with E-state index < -0.39 is 0 Å². The molecule has 4 rings (SSSR count). The highest BCUT2D eigenvalue weighted by molar-refractivity contribution is 6.12. The molecule has 3 aromatic carbocycles. The summed E-state index contributed by atoms with van der Waals surface area (Å²) in [6.45, 7) is 4.30. The summed E-state index contributed by atoms with van der Waals surface area (Å²) in [6, 6.07) is 21.8. The third kappa shape index (κ3) is 3.19. The van der Waals surface area contributed by atoms with Gasteiger partial charge < -0.3 is 5.32 Å². The first-order valence-corrected chi connectivity index (χ1v) is 9.09. The molecule has 0 fully saturated rings. The van der Waals surface area contributed by atoms with Crippen LogP contribution >= 0.6 is 0 Å². The Hall–Kier alpha value is -3.14. The lowest BCUT2D eigenvalue weighted by Gasteiger charge is -2.38. The van der Waals surface area contributed by atoms with Crippen molar-refractivity contribution in [1.82, 2.24) is 0 Å². The maximum Gasteiger partial charge on any atom is 0.262 e. The minimum absolute atomic E-state index is 0.103. The molecule has 3 aromatic rings. The quantitative estimate of drug-likeness (QED) is 0.648. The summed E-state index contributed by atoms with van der Waals surface area (Å²) in [5.74, 6) is 0.0113. The Morgan fingerprint density at radius 2 is 1.59 bits per heavy atom. The third-order valence-electron chi connectivity index (χ3n) is 4.95. The van der Waals surface area contributed by atoms with Gasteiger partial charge in [0.25, 0.3) is 5.91 Å². The van der Waals surface area contributed by atoms with Crippen molar-refractivity contribution in [2.24, 2.45) is 0 Å². The fourth-order valence-corrected chi connectivity index (χ4v) is 3.42. The highest BCUT2D eigenvalue weighted by Crippen LogP contribution is 2.36. The first kappa shape index (κ1) is 17.3. The Morgan fingerprint density at radius 3 is 2.26 bits per heavy atom. The lowest BCUT2D eigenvalue weighted by Crippen LogP contribution is -2.43. The van der Waals surface area contributed by atoms with Gasteiger partial charge in [0.1, 0.15) is 12.0 Å². The van der Waals surface area contributed by atoms with Crippen LogP contribution < -0.4 is 10.2 Å². The number of hydrogen-bond acceptors (Lipinski definition) is 2. The topological polar surface area (TPSA) is 32.3 Å². The van der Waals surface area contributed by atoms with E-state index >= 15 is 0 Å². The second kappa shape index (κ2) is 6.88. The van der Waals surface area contributed by atoms with Crippen molar-refractivity contribution < 1.29 is 9.18 Å². The van der Waals surface area contributed by atoms with E-state index in [0.29, 0.717) is 17.2 Å². The smallest absolute Gasteiger partial charge is 0.262 e. The van der Waals surface area contributed by atoms with Gasteiger partial charge in [-0.15, -0.1) is 0 Å². The van der Waals surface area contributed by atoms with Crippen molar-refractivity contribution in [3.05, 3.63) is 95.3 Å². The second-order valence-corrected chi connectivity index (χ2v) is 7.07. The molecule has 0 aliphatic carbocycles. The second-order valence-electron chi connectivity index (χ2n) is 7.07. The molecule has 0 aromatic heterocycles. The number of nitrogens with one attached hydrogen (secondary N) is 1. The summed E-state index contributed by atoms with van der Waals surface area (Å²) >= 11 is 0. The molecule has 0 radical (unpaired) electrons. The molecule has 0 spiro atoms. The van der Waals surface area contributed by atoms with Crippen LogP contribution in [0, 0.1) is 5.82 Å². The van der Waals surface area contributed by atoms with Gasteiger partial charge in [-0.3, -0.25) is 9.69 Å². The number of carbonyl (C=O) groups is 1. The summed E-state index contributed by atoms with van der Waals surface area (Å²) in [4.78, 5) is 14.9. The zero-order chi connectivity index (χ0) is 19.0. The van der Waals surface area contributed by atoms with Crippen LogP contribution in [-0.2, 0) is 0 Å². The minimum Gasteiger partial charge on any atom is -0.360 e. The first-order valence-electron chi connectivity index (χ1n) is 9.09. The van der Waals surface area contributed by atoms with Crippen molar-refractivity contribution in [2.45, 2.75) is 25.9 Å². The SMILES string of the molecule is CC(C)c1ccc(C2Nc3ccccc3C(=O)N2c2ccc(F)cc2)cc1. The van der Waals surface area contributed by atoms with Gasteiger partial charge in [0.2, 0.25) is 0 Å². The molecule has 1 aliphatic heterocycles. The lowest BCUT2D eigenvalue weighted by molar-refractivity contribution is 0.0975. The van der Waals surface area contributed by atoms with Gasteiger partial charge in [0, 0.05) is 11.4 Å². The number of nitrogens with zero attached hydrogens (tertiary/aromatic N) is 1. The predicted molar refractivity (Wildman–Crippen MR) is 107 cm³/mol. The summed E-state index contributed by atoms with van der Waals surface area (Å²) in [5.41, 5.74) is 4.29. The number of hydrogen-bond donors (Lipinski definition) is 1. The van der Waals surface area contributed by atoms with E-state index in [2.05, 4.69) is 31.3 Å². The van der Waals surface area contributed by atoms with E-state index in [1.165, 1.54) is 17.7 Å². The molecule has 1 heterocycles. The summed E-state index contributed by atoms with van der Waals surface area (Å²) in [5, 5.41) is 3.47. The molecule has 0 saturated heterocycles. The fraction of sp³-hybridized carbons (Fsp3) is 0.174. The summed E-state index contributed by atoms with van der Waals surface area (Å²) < 4.78 is 13.4. The number of rotatable bonds is 3. The number of amides is 1. The van der Waals surface area contributed by atoms with Crippen LogP contribution in [0.2, 0.25) is 0 Å². The molecule has 0 bridgehead atoms. The Labute approximate surface area is 158 Å². The monoisotopic (exact) mass is 360 g/mol. The molecule has 1 amide bonds. The minimum atomic E-state index is -0.362. The van der Waals surface area contributed by atoms with Crippen molar-refractivity contribution in [3.63, 3.8) is 0 Å². The van der Waals surface area contributed by atoms with Crippen LogP contribution in [0.3, 0.4) is 0 Å². The van der Waals surface area contributed by atoms with Gasteiger partial charge in [-0.05, 0) is 53.4 Å². The number of carbonyl (C=O) groups excluding carboxylic acids is 1. The van der Waals surface area contributed by atoms with Gasteiger partial charge in [0.05, 0.1) is 5.56 Å². The number of benzene rings is 3. The average Bonchev–Trinajstić information content (AvgIpc) is 2.69. The predicted octanol–water partition coefficient (Wildman–Crippen LogP) is 5.72. The third-order valence-corrected chi connectivity index (χ3v) is 4.95. The van der Waals surface area contributed by atoms with Gasteiger partial charge in [-0.1, -0.05) is 50.2 Å². The normalized spacial score (nSPS) is 16.2. The maximum atomic E-state index is 13.4. The van der Waals surface area contributed by atoms with Crippen LogP contribution in [0.25, 0.3) is 0 Å². The molecular formula is C23H21FN2O. The van der Waals surface area contributed by atoms with Crippen molar-refractivity contribution in [2.75, 3.05) is 10.2 Å². The Bertz CT molecular complexity index is 964. The average molecular weight is 360 g/mol. The van der Waals surface area contributed by atoms with Crippen LogP contribution in [-0.4, -0.2) is 5.91 Å². The lowest BCUT2D eigenvalue weighted by atomic mass is 9.98. The standard InChI is InChI=1S/C23H21FN2O/c1-15(2)16-7-9-17(10-8-16)22-25-21-6-4-3-5-20(21)23(27)26(22)19-13-11-18(24)12-14-19/h3-15,22,25H,1-2H3. The summed E-state index contributed by atoms with van der Waals surface area (Å²) in [6.07, 6.45) is -0.362. The number of anilines is 2. The molecule has 27 heavy (non-hydrogen) atoms. The molecule has 1 atom stereocenters. The van der Waals surface area contributed by atoms with E-state index in [1.54, 1.807) is 23.1 Å². The largest absolute Gasteiger partial charge is 0.360 e. The van der Waals surface area contributed by atoms with Crippen LogP contribution in [0.5, 0.6) is 0 Å². The van der Waals surface area contributed by atoms with Gasteiger partial charge in [0.15, 0.2) is 0 Å². The van der Waals surface area contributed by atoms with Crippen LogP contribution in [0.15, 0.2) is 72.8 Å². The Balaban J connectivity index is 1.81. The highest BCUT2D eigenvalue weighted by atomic mass is 19.1. The van der Waals surface area contributed by atoms with Crippen molar-refractivity contribution in [3.8, 4) is 0 Å². The van der Waals surface area contributed by atoms with Gasteiger partial charge >= 0.3 is 0 Å². The van der Waals surface area contributed by atoms with E-state index in [0.717, 1.165) is 11.3 Å². The van der Waals surface area contributed by atoms with Gasteiger partial charge in [-0.2, -0.15) is 0 Å². The zero-order valence-corrected chi connectivity index (χ0v) is 15.3. The zero-order valence-electron chi connectivity index (χ0n) is 15.3. The number of fused-ring (bicyclic) bond motifs is 1. The van der Waals surface area contributed by atoms with E-state index in [9.17, 15) is 9.18 Å². The molecule has 3 nitrogen and oxygen atoms in total. The van der Waals surface area contributed by atoms with Crippen LogP contribution in [0.4, 0.5) is 15.8 Å². The number of para-hydroxylation sites is 1. The molecule has 1 unspecified atom stereocenters. The highest BCUT2D eigenvalue weighted by Gasteiger charge is 2.33. The Morgan fingerprint density at radius 1 is 0.926 bits per heavy atom. The van der Waals surface area contributed by atoms with Crippen molar-refractivity contribution >= 4 is 17.3 Å². The first-order chi connectivity index (χ1) is 13.0. The van der Waals surface area contributed by atoms with Gasteiger partial charge in [-0.25, -0.2) is 4.39 Å². The van der Waals surface area contributed by atoms with E-state index in [4.69, 9.17) is 0 Å². The maximum absolute atomic E-state index is 13.4. The molecule has 1 N–H and O–H groups in total. The summed E-state index contributed by atoms with van der Waals surface area (Å²) in [7, 11) is 0. The van der Waals surface area contributed by atoms with Crippen LogP contribution in [0.1, 0.15) is 47.4 Å². The fourth-order valence-electron chi connectivity index (χ4n) is 3.42. The number of halogens is 1. The molecule has 4 heteroatoms. The van der Waals surface area contributed by atoms with E-state index in [1.807, 2.05) is 30.3 Å². The van der Waals surface area contributed by atoms with E-state index in [-0.39, 0.29) is 17.9 Å². The van der Waals surface area contributed by atoms with Crippen molar-refractivity contribution in [1.29, 1.82) is 0 Å². The Kier molecular flexibility index (Phi) is 4.40. The molecular weight excluding hydrogens is 339 g/mol. The molecule has 136 valence electrons. The molecule has 1 aliphatic rings.